The van der Waals surface area contributed by atoms with Crippen LogP contribution in [0.25, 0.3) is 11.4 Å². The van der Waals surface area contributed by atoms with Crippen LogP contribution < -0.4 is 10.6 Å². The normalized spacial score (nSPS) is 19.2. The molecule has 1 aliphatic heterocycles. The number of hydrogen-bond donors (Lipinski definition) is 2. The maximum atomic E-state index is 12.7. The molecule has 1 aliphatic rings. The third kappa shape index (κ3) is 5.03. The van der Waals surface area contributed by atoms with E-state index in [1.165, 1.54) is 12.1 Å². The number of aromatic nitrogens is 2. The first-order chi connectivity index (χ1) is 15.2. The minimum absolute atomic E-state index is 0.181. The maximum absolute atomic E-state index is 12.7. The lowest BCUT2D eigenvalue weighted by molar-refractivity contribution is -0.137. The van der Waals surface area contributed by atoms with E-state index in [4.69, 9.17) is 16.1 Å². The number of nitrogens with zero attached hydrogens (tertiary/aromatic N) is 3. The second-order valence-corrected chi connectivity index (χ2v) is 7.96. The number of urea groups is 1. The molecular formula is C21H19ClF3N5O2. The fourth-order valence-electron chi connectivity index (χ4n) is 3.57. The Balaban J connectivity index is 1.35. The molecule has 0 aliphatic carbocycles. The molecule has 7 nitrogen and oxygen atoms in total. The molecule has 2 heterocycles. The Morgan fingerprint density at radius 1 is 1.16 bits per heavy atom. The summed E-state index contributed by atoms with van der Waals surface area (Å²) in [4.78, 5) is 18.7. The number of likely N-dealkylation sites (N-methyl/N-ethyl adjacent to an activating group) is 1. The molecule has 0 spiro atoms. The SMILES string of the molecule is CN1CC(NC(=O)Nc2ccc(C(F)(F)F)cc2)CC1c1nc(-c2ccc(Cl)cc2)no1. The van der Waals surface area contributed by atoms with E-state index in [1.807, 2.05) is 11.9 Å². The molecule has 2 amide bonds. The standard InChI is InChI=1S/C21H19ClF3N5O2/c1-30-11-16(27-20(31)26-15-8-4-13(5-9-15)21(23,24)25)10-17(30)19-28-18(29-32-19)12-2-6-14(22)7-3-12/h2-9,16-17H,10-11H2,1H3,(H2,26,27,31). The molecule has 0 saturated carbocycles. The predicted octanol–water partition coefficient (Wildman–Crippen LogP) is 4.98. The molecule has 2 unspecified atom stereocenters. The lowest BCUT2D eigenvalue weighted by Gasteiger charge is -2.14. The number of hydrogen-bond acceptors (Lipinski definition) is 5. The lowest BCUT2D eigenvalue weighted by atomic mass is 10.1. The third-order valence-electron chi connectivity index (χ3n) is 5.18. The summed E-state index contributed by atoms with van der Waals surface area (Å²) >= 11 is 5.90. The number of nitrogens with one attached hydrogen (secondary N) is 2. The molecule has 1 aromatic heterocycles. The molecule has 3 aromatic rings. The summed E-state index contributed by atoms with van der Waals surface area (Å²) in [5.74, 6) is 0.881. The highest BCUT2D eigenvalue weighted by molar-refractivity contribution is 6.30. The number of alkyl halides is 3. The number of rotatable bonds is 4. The van der Waals surface area contributed by atoms with Gasteiger partial charge in [0.1, 0.15) is 0 Å². The van der Waals surface area contributed by atoms with Gasteiger partial charge in [-0.25, -0.2) is 4.79 Å². The van der Waals surface area contributed by atoms with Gasteiger partial charge in [-0.2, -0.15) is 18.2 Å². The smallest absolute Gasteiger partial charge is 0.337 e. The molecule has 11 heteroatoms. The zero-order valence-corrected chi connectivity index (χ0v) is 17.6. The summed E-state index contributed by atoms with van der Waals surface area (Å²) in [6.45, 7) is 0.545. The molecule has 4 rings (SSSR count). The molecule has 32 heavy (non-hydrogen) atoms. The van der Waals surface area contributed by atoms with E-state index < -0.39 is 17.8 Å². The molecule has 1 saturated heterocycles. The van der Waals surface area contributed by atoms with Crippen molar-refractivity contribution in [2.75, 3.05) is 18.9 Å². The molecule has 168 valence electrons. The van der Waals surface area contributed by atoms with Crippen molar-refractivity contribution in [1.82, 2.24) is 20.4 Å². The van der Waals surface area contributed by atoms with Gasteiger partial charge >= 0.3 is 12.2 Å². The van der Waals surface area contributed by atoms with Crippen LogP contribution in [0.3, 0.4) is 0 Å². The zero-order valence-electron chi connectivity index (χ0n) is 16.9. The first-order valence-electron chi connectivity index (χ1n) is 9.73. The second-order valence-electron chi connectivity index (χ2n) is 7.52. The summed E-state index contributed by atoms with van der Waals surface area (Å²) in [5, 5.41) is 10.0. The van der Waals surface area contributed by atoms with Gasteiger partial charge in [0, 0.05) is 28.9 Å². The van der Waals surface area contributed by atoms with E-state index >= 15 is 0 Å². The van der Waals surface area contributed by atoms with Crippen molar-refractivity contribution < 1.29 is 22.5 Å². The lowest BCUT2D eigenvalue weighted by Crippen LogP contribution is -2.39. The van der Waals surface area contributed by atoms with Gasteiger partial charge < -0.3 is 15.2 Å². The summed E-state index contributed by atoms with van der Waals surface area (Å²) in [6.07, 6.45) is -3.88. The van der Waals surface area contributed by atoms with Crippen LogP contribution in [-0.4, -0.2) is 40.7 Å². The van der Waals surface area contributed by atoms with Crippen molar-refractivity contribution in [3.05, 3.63) is 65.0 Å². The van der Waals surface area contributed by atoms with Crippen LogP contribution in [0.15, 0.2) is 53.1 Å². The van der Waals surface area contributed by atoms with Crippen LogP contribution in [0.2, 0.25) is 5.02 Å². The minimum Gasteiger partial charge on any atom is -0.337 e. The van der Waals surface area contributed by atoms with Gasteiger partial charge in [0.25, 0.3) is 0 Å². The number of anilines is 1. The number of carbonyl (C=O) groups is 1. The van der Waals surface area contributed by atoms with Crippen LogP contribution in [0.5, 0.6) is 0 Å². The van der Waals surface area contributed by atoms with Crippen molar-refractivity contribution in [2.24, 2.45) is 0 Å². The highest BCUT2D eigenvalue weighted by atomic mass is 35.5. The van der Waals surface area contributed by atoms with E-state index in [9.17, 15) is 18.0 Å². The fraction of sp³-hybridized carbons (Fsp3) is 0.286. The van der Waals surface area contributed by atoms with Crippen molar-refractivity contribution in [2.45, 2.75) is 24.7 Å². The van der Waals surface area contributed by atoms with Crippen molar-refractivity contribution in [1.29, 1.82) is 0 Å². The van der Waals surface area contributed by atoms with E-state index in [0.29, 0.717) is 29.7 Å². The number of benzene rings is 2. The van der Waals surface area contributed by atoms with Gasteiger partial charge in [0.2, 0.25) is 11.7 Å². The molecule has 2 N–H and O–H groups in total. The summed E-state index contributed by atoms with van der Waals surface area (Å²) < 4.78 is 43.4. The third-order valence-corrected chi connectivity index (χ3v) is 5.43. The highest BCUT2D eigenvalue weighted by Gasteiger charge is 2.35. The minimum atomic E-state index is -4.42. The average Bonchev–Trinajstić information content (AvgIpc) is 3.35. The number of halogens is 4. The van der Waals surface area contributed by atoms with Gasteiger partial charge in [0.15, 0.2) is 0 Å². The van der Waals surface area contributed by atoms with Gasteiger partial charge in [-0.15, -0.1) is 0 Å². The molecule has 0 bridgehead atoms. The Hall–Kier alpha value is -3.11. The monoisotopic (exact) mass is 465 g/mol. The Morgan fingerprint density at radius 3 is 2.50 bits per heavy atom. The second kappa shape index (κ2) is 8.79. The molecule has 0 radical (unpaired) electrons. The van der Waals surface area contributed by atoms with Crippen LogP contribution >= 0.6 is 11.6 Å². The number of amides is 2. The Labute approximate surface area is 186 Å². The Bertz CT molecular complexity index is 1090. The quantitative estimate of drug-likeness (QED) is 0.568. The highest BCUT2D eigenvalue weighted by Crippen LogP contribution is 2.32. The maximum Gasteiger partial charge on any atom is 0.416 e. The largest absolute Gasteiger partial charge is 0.416 e. The summed E-state index contributed by atoms with van der Waals surface area (Å²) in [7, 11) is 1.88. The van der Waals surface area contributed by atoms with E-state index in [1.54, 1.807) is 24.3 Å². The van der Waals surface area contributed by atoms with Crippen LogP contribution in [0.1, 0.15) is 23.9 Å². The predicted molar refractivity (Wildman–Crippen MR) is 112 cm³/mol. The molecule has 2 aromatic carbocycles. The van der Waals surface area contributed by atoms with Gasteiger partial charge in [-0.05, 0) is 62.0 Å². The van der Waals surface area contributed by atoms with E-state index in [2.05, 4.69) is 20.8 Å². The first kappa shape index (κ1) is 22.1. The Morgan fingerprint density at radius 2 is 1.84 bits per heavy atom. The number of carbonyl (C=O) groups excluding carboxylic acids is 1. The van der Waals surface area contributed by atoms with Crippen molar-refractivity contribution in [3.63, 3.8) is 0 Å². The van der Waals surface area contributed by atoms with E-state index in [-0.39, 0.29) is 17.8 Å². The Kier molecular flexibility index (Phi) is 6.07. The molecule has 1 fully saturated rings. The van der Waals surface area contributed by atoms with Crippen LogP contribution in [-0.2, 0) is 6.18 Å². The zero-order chi connectivity index (χ0) is 22.9. The van der Waals surface area contributed by atoms with Crippen molar-refractivity contribution >= 4 is 23.3 Å². The summed E-state index contributed by atoms with van der Waals surface area (Å²) in [5.41, 5.74) is 0.264. The van der Waals surface area contributed by atoms with Crippen LogP contribution in [0, 0.1) is 0 Å². The average molecular weight is 466 g/mol. The number of likely N-dealkylation sites (tertiary alicyclic amines) is 1. The topological polar surface area (TPSA) is 83.3 Å². The van der Waals surface area contributed by atoms with Gasteiger partial charge in [0.05, 0.1) is 11.6 Å². The molecular weight excluding hydrogens is 447 g/mol. The van der Waals surface area contributed by atoms with Crippen LogP contribution in [0.4, 0.5) is 23.7 Å². The van der Waals surface area contributed by atoms with Gasteiger partial charge in [-0.3, -0.25) is 4.90 Å². The summed E-state index contributed by atoms with van der Waals surface area (Å²) in [6, 6.07) is 10.4. The van der Waals surface area contributed by atoms with Crippen molar-refractivity contribution in [3.8, 4) is 11.4 Å². The molecule has 2 atom stereocenters. The van der Waals surface area contributed by atoms with E-state index in [0.717, 1.165) is 17.7 Å². The fourth-order valence-corrected chi connectivity index (χ4v) is 3.70. The van der Waals surface area contributed by atoms with Gasteiger partial charge in [-0.1, -0.05) is 16.8 Å². The first-order valence-corrected chi connectivity index (χ1v) is 10.1.